The fourth-order valence-corrected chi connectivity index (χ4v) is 3.41. The Morgan fingerprint density at radius 3 is 2.75 bits per heavy atom. The van der Waals surface area contributed by atoms with Crippen molar-refractivity contribution in [2.24, 2.45) is 5.73 Å². The van der Waals surface area contributed by atoms with Crippen LogP contribution < -0.4 is 15.2 Å². The summed E-state index contributed by atoms with van der Waals surface area (Å²) in [6.07, 6.45) is 0.459. The molecule has 2 atom stereocenters. The third-order valence-corrected chi connectivity index (χ3v) is 4.83. The van der Waals surface area contributed by atoms with Gasteiger partial charge in [0.25, 0.3) is 0 Å². The van der Waals surface area contributed by atoms with E-state index in [1.54, 1.807) is 24.3 Å². The number of amides is 1. The van der Waals surface area contributed by atoms with Crippen molar-refractivity contribution < 1.29 is 19.4 Å². The number of halogens is 1. The van der Waals surface area contributed by atoms with Crippen LogP contribution in [0.2, 0.25) is 5.02 Å². The molecule has 2 aromatic carbocycles. The largest absolute Gasteiger partial charge is 0.491 e. The van der Waals surface area contributed by atoms with Crippen LogP contribution >= 0.6 is 11.6 Å². The second kappa shape index (κ2) is 9.78. The molecule has 3 rings (SSSR count). The van der Waals surface area contributed by atoms with Crippen molar-refractivity contribution in [2.75, 3.05) is 26.2 Å². The molecule has 1 amide bonds. The van der Waals surface area contributed by atoms with Gasteiger partial charge in [-0.3, -0.25) is 9.69 Å². The lowest BCUT2D eigenvalue weighted by molar-refractivity contribution is -0.117. The lowest BCUT2D eigenvalue weighted by Gasteiger charge is -2.21. The number of ether oxygens (including phenoxy) is 2. The second-order valence-corrected chi connectivity index (χ2v) is 7.39. The number of likely N-dealkylation sites (tertiary alicyclic amines) is 1. The van der Waals surface area contributed by atoms with E-state index in [1.807, 2.05) is 24.3 Å². The molecule has 150 valence electrons. The van der Waals surface area contributed by atoms with Gasteiger partial charge in [0.1, 0.15) is 30.3 Å². The lowest BCUT2D eigenvalue weighted by atomic mass is 10.1. The monoisotopic (exact) mass is 404 g/mol. The Hall–Kier alpha value is -2.28. The van der Waals surface area contributed by atoms with E-state index in [0.29, 0.717) is 17.3 Å². The highest BCUT2D eigenvalue weighted by molar-refractivity contribution is 6.30. The quantitative estimate of drug-likeness (QED) is 0.669. The van der Waals surface area contributed by atoms with Gasteiger partial charge in [-0.05, 0) is 36.8 Å². The van der Waals surface area contributed by atoms with Crippen LogP contribution in [-0.4, -0.2) is 54.4 Å². The molecule has 2 aromatic rings. The van der Waals surface area contributed by atoms with Crippen molar-refractivity contribution >= 4 is 17.5 Å². The van der Waals surface area contributed by atoms with Crippen LogP contribution in [-0.2, 0) is 11.2 Å². The minimum Gasteiger partial charge on any atom is -0.491 e. The number of β-amino-alcohol motifs (C(OH)–C–C–N with tert-alkyl or cyclic N) is 1. The van der Waals surface area contributed by atoms with Crippen molar-refractivity contribution in [2.45, 2.75) is 25.0 Å². The molecule has 1 aliphatic heterocycles. The Kier molecular flexibility index (Phi) is 7.14. The summed E-state index contributed by atoms with van der Waals surface area (Å²) in [6.45, 7) is 2.25. The van der Waals surface area contributed by atoms with Crippen molar-refractivity contribution in [1.29, 1.82) is 0 Å². The fourth-order valence-electron chi connectivity index (χ4n) is 3.28. The van der Waals surface area contributed by atoms with Crippen LogP contribution in [0.25, 0.3) is 0 Å². The molecule has 7 heteroatoms. The molecule has 0 unspecified atom stereocenters. The van der Waals surface area contributed by atoms with E-state index in [-0.39, 0.29) is 19.1 Å². The summed E-state index contributed by atoms with van der Waals surface area (Å²) in [7, 11) is 0. The van der Waals surface area contributed by atoms with Gasteiger partial charge in [0.05, 0.1) is 6.42 Å². The summed E-state index contributed by atoms with van der Waals surface area (Å²) in [5.74, 6) is 0.956. The topological polar surface area (TPSA) is 85.0 Å². The number of carbonyl (C=O) groups excluding carboxylic acids is 1. The summed E-state index contributed by atoms with van der Waals surface area (Å²) >= 11 is 5.89. The van der Waals surface area contributed by atoms with Gasteiger partial charge in [-0.15, -0.1) is 0 Å². The van der Waals surface area contributed by atoms with Gasteiger partial charge in [-0.1, -0.05) is 29.8 Å². The molecule has 0 aliphatic carbocycles. The normalized spacial score (nSPS) is 18.0. The molecular weight excluding hydrogens is 380 g/mol. The Bertz CT molecular complexity index is 784. The number of primary amides is 1. The van der Waals surface area contributed by atoms with Crippen LogP contribution in [0, 0.1) is 0 Å². The number of hydrogen-bond donors (Lipinski definition) is 2. The third kappa shape index (κ3) is 6.12. The van der Waals surface area contributed by atoms with Crippen molar-refractivity contribution in [1.82, 2.24) is 4.90 Å². The van der Waals surface area contributed by atoms with Gasteiger partial charge in [0, 0.05) is 30.2 Å². The highest BCUT2D eigenvalue weighted by Crippen LogP contribution is 2.21. The molecule has 0 saturated carbocycles. The molecular formula is C21H25ClN2O4. The highest BCUT2D eigenvalue weighted by atomic mass is 35.5. The van der Waals surface area contributed by atoms with E-state index in [9.17, 15) is 9.90 Å². The zero-order valence-corrected chi connectivity index (χ0v) is 16.3. The van der Waals surface area contributed by atoms with Crippen LogP contribution in [0.1, 0.15) is 12.0 Å². The van der Waals surface area contributed by atoms with E-state index >= 15 is 0 Å². The van der Waals surface area contributed by atoms with Crippen LogP contribution in [0.5, 0.6) is 11.5 Å². The minimum absolute atomic E-state index is 0.0885. The number of para-hydroxylation sites is 1. The van der Waals surface area contributed by atoms with Crippen LogP contribution in [0.4, 0.5) is 0 Å². The highest BCUT2D eigenvalue weighted by Gasteiger charge is 2.25. The number of carbonyl (C=O) groups is 1. The number of nitrogens with two attached hydrogens (primary N) is 1. The number of aliphatic hydroxyl groups is 1. The fraction of sp³-hybridized carbons (Fsp3) is 0.381. The molecule has 1 fully saturated rings. The average Bonchev–Trinajstić information content (AvgIpc) is 3.09. The van der Waals surface area contributed by atoms with Gasteiger partial charge in [0.2, 0.25) is 5.91 Å². The van der Waals surface area contributed by atoms with Crippen LogP contribution in [0.3, 0.4) is 0 Å². The maximum atomic E-state index is 11.2. The average molecular weight is 405 g/mol. The number of nitrogens with zero attached hydrogens (tertiary/aromatic N) is 1. The molecule has 0 aromatic heterocycles. The Balaban J connectivity index is 1.44. The van der Waals surface area contributed by atoms with Crippen molar-refractivity contribution in [3.05, 3.63) is 59.1 Å². The molecule has 1 aliphatic rings. The molecule has 0 radical (unpaired) electrons. The smallest absolute Gasteiger partial charge is 0.221 e. The molecule has 28 heavy (non-hydrogen) atoms. The molecule has 6 nitrogen and oxygen atoms in total. The summed E-state index contributed by atoms with van der Waals surface area (Å²) in [6, 6.07) is 14.6. The zero-order chi connectivity index (χ0) is 19.9. The third-order valence-electron chi connectivity index (χ3n) is 4.58. The summed E-state index contributed by atoms with van der Waals surface area (Å²) < 4.78 is 11.7. The predicted molar refractivity (Wildman–Crippen MR) is 108 cm³/mol. The Morgan fingerprint density at radius 1 is 1.25 bits per heavy atom. The van der Waals surface area contributed by atoms with Gasteiger partial charge in [-0.2, -0.15) is 0 Å². The Morgan fingerprint density at radius 2 is 2.00 bits per heavy atom. The van der Waals surface area contributed by atoms with Gasteiger partial charge in [0.15, 0.2) is 0 Å². The van der Waals surface area contributed by atoms with E-state index < -0.39 is 12.0 Å². The molecule has 3 N–H and O–H groups in total. The van der Waals surface area contributed by atoms with Crippen molar-refractivity contribution in [3.63, 3.8) is 0 Å². The molecule has 1 heterocycles. The van der Waals surface area contributed by atoms with E-state index in [4.69, 9.17) is 26.8 Å². The summed E-state index contributed by atoms with van der Waals surface area (Å²) in [4.78, 5) is 13.3. The SMILES string of the molecule is NC(=O)Cc1ccccc1OC[C@H](O)CN1CC[C@H](Oc2ccc(Cl)cc2)C1. The molecule has 0 spiro atoms. The van der Waals surface area contributed by atoms with Crippen molar-refractivity contribution in [3.8, 4) is 11.5 Å². The van der Waals surface area contributed by atoms with Gasteiger partial charge in [-0.25, -0.2) is 0 Å². The van der Waals surface area contributed by atoms with E-state index in [0.717, 1.165) is 30.8 Å². The first-order valence-electron chi connectivity index (χ1n) is 9.31. The maximum Gasteiger partial charge on any atom is 0.221 e. The van der Waals surface area contributed by atoms with E-state index in [2.05, 4.69) is 4.90 Å². The predicted octanol–water partition coefficient (Wildman–Crippen LogP) is 2.26. The number of hydrogen-bond acceptors (Lipinski definition) is 5. The molecule has 1 saturated heterocycles. The number of rotatable bonds is 9. The van der Waals surface area contributed by atoms with Crippen LogP contribution in [0.15, 0.2) is 48.5 Å². The maximum absolute atomic E-state index is 11.2. The number of aliphatic hydroxyl groups excluding tert-OH is 1. The first-order valence-corrected chi connectivity index (χ1v) is 9.69. The second-order valence-electron chi connectivity index (χ2n) is 6.96. The minimum atomic E-state index is -0.643. The summed E-state index contributed by atoms with van der Waals surface area (Å²) in [5, 5.41) is 11.0. The Labute approximate surface area is 169 Å². The number of benzene rings is 2. The summed E-state index contributed by atoms with van der Waals surface area (Å²) in [5.41, 5.74) is 5.99. The molecule has 0 bridgehead atoms. The van der Waals surface area contributed by atoms with Gasteiger partial charge >= 0.3 is 0 Å². The first kappa shape index (κ1) is 20.5. The van der Waals surface area contributed by atoms with Gasteiger partial charge < -0.3 is 20.3 Å². The van der Waals surface area contributed by atoms with E-state index in [1.165, 1.54) is 0 Å². The zero-order valence-electron chi connectivity index (χ0n) is 15.6. The standard InChI is InChI=1S/C21H25ClN2O4/c22-16-5-7-18(8-6-16)28-19-9-10-24(13-19)12-17(25)14-27-20-4-2-1-3-15(20)11-21(23)26/h1-8,17,19,25H,9-14H2,(H2,23,26)/t17-,19+/m1/s1. The lowest BCUT2D eigenvalue weighted by Crippen LogP contribution is -2.35. The first-order chi connectivity index (χ1) is 13.5.